The first kappa shape index (κ1) is 12.8. The van der Waals surface area contributed by atoms with Crippen LogP contribution >= 0.6 is 11.3 Å². The Labute approximate surface area is 111 Å². The van der Waals surface area contributed by atoms with E-state index in [1.54, 1.807) is 16.2 Å². The van der Waals surface area contributed by atoms with Crippen LogP contribution in [0.4, 0.5) is 0 Å². The third-order valence-electron chi connectivity index (χ3n) is 2.69. The number of nitrogens with zero attached hydrogens (tertiary/aromatic N) is 2. The minimum atomic E-state index is 0.101. The molecule has 2 aromatic rings. The third kappa shape index (κ3) is 3.40. The fraction of sp³-hybridized carbons (Fsp3) is 0.286. The van der Waals surface area contributed by atoms with Crippen LogP contribution in [0.5, 0.6) is 0 Å². The van der Waals surface area contributed by atoms with Crippen LogP contribution in [0.15, 0.2) is 35.7 Å². The lowest BCUT2D eigenvalue weighted by Crippen LogP contribution is -2.27. The van der Waals surface area contributed by atoms with Gasteiger partial charge in [0.05, 0.1) is 17.1 Å². The summed E-state index contributed by atoms with van der Waals surface area (Å²) in [5, 5.41) is 2.95. The number of hydrogen-bond acceptors (Lipinski definition) is 3. The van der Waals surface area contributed by atoms with Crippen LogP contribution < -0.4 is 0 Å². The number of rotatable bonds is 4. The van der Waals surface area contributed by atoms with Gasteiger partial charge in [-0.05, 0) is 12.5 Å². The van der Waals surface area contributed by atoms with E-state index in [9.17, 15) is 4.79 Å². The Morgan fingerprint density at radius 1 is 1.33 bits per heavy atom. The summed E-state index contributed by atoms with van der Waals surface area (Å²) in [6, 6.07) is 9.99. The fourth-order valence-electron chi connectivity index (χ4n) is 1.72. The van der Waals surface area contributed by atoms with Gasteiger partial charge in [0.2, 0.25) is 5.91 Å². The minimum absolute atomic E-state index is 0.101. The highest BCUT2D eigenvalue weighted by Gasteiger charge is 2.11. The van der Waals surface area contributed by atoms with Crippen molar-refractivity contribution >= 4 is 17.2 Å². The molecule has 94 valence electrons. The second kappa shape index (κ2) is 5.78. The topological polar surface area (TPSA) is 33.2 Å². The third-order valence-corrected chi connectivity index (χ3v) is 3.51. The fourth-order valence-corrected chi connectivity index (χ4v) is 2.34. The molecule has 0 unspecified atom stereocenters. The lowest BCUT2D eigenvalue weighted by atomic mass is 10.2. The number of amides is 1. The Bertz CT molecular complexity index is 522. The summed E-state index contributed by atoms with van der Waals surface area (Å²) in [6.07, 6.45) is 0.383. The summed E-state index contributed by atoms with van der Waals surface area (Å²) in [6.45, 7) is 2.59. The predicted octanol–water partition coefficient (Wildman–Crippen LogP) is 2.65. The highest BCUT2D eigenvalue weighted by atomic mass is 32.1. The molecule has 0 bridgehead atoms. The molecule has 0 saturated carbocycles. The van der Waals surface area contributed by atoms with E-state index in [-0.39, 0.29) is 5.91 Å². The molecule has 1 aromatic heterocycles. The van der Waals surface area contributed by atoms with Gasteiger partial charge in [0.1, 0.15) is 0 Å². The lowest BCUT2D eigenvalue weighted by molar-refractivity contribution is -0.129. The smallest absolute Gasteiger partial charge is 0.228 e. The Balaban J connectivity index is 1.93. The van der Waals surface area contributed by atoms with Crippen molar-refractivity contribution in [3.63, 3.8) is 0 Å². The Kier molecular flexibility index (Phi) is 4.10. The molecule has 0 atom stereocenters. The van der Waals surface area contributed by atoms with Crippen LogP contribution in [0.1, 0.15) is 16.3 Å². The molecule has 1 aromatic carbocycles. The molecule has 0 spiro atoms. The van der Waals surface area contributed by atoms with Crippen molar-refractivity contribution in [1.82, 2.24) is 9.88 Å². The van der Waals surface area contributed by atoms with Gasteiger partial charge in [-0.15, -0.1) is 11.3 Å². The van der Waals surface area contributed by atoms with Crippen molar-refractivity contribution in [2.75, 3.05) is 7.05 Å². The van der Waals surface area contributed by atoms with Crippen molar-refractivity contribution in [3.05, 3.63) is 52.0 Å². The molecular weight excluding hydrogens is 244 g/mol. The van der Waals surface area contributed by atoms with Crippen molar-refractivity contribution in [3.8, 4) is 0 Å². The quantitative estimate of drug-likeness (QED) is 0.846. The summed E-state index contributed by atoms with van der Waals surface area (Å²) in [4.78, 5) is 18.1. The van der Waals surface area contributed by atoms with Crippen LogP contribution in [0.25, 0.3) is 0 Å². The molecule has 1 heterocycles. The molecule has 4 heteroatoms. The van der Waals surface area contributed by atoms with E-state index in [0.29, 0.717) is 13.0 Å². The normalized spacial score (nSPS) is 10.3. The van der Waals surface area contributed by atoms with E-state index >= 15 is 0 Å². The van der Waals surface area contributed by atoms with Gasteiger partial charge >= 0.3 is 0 Å². The Hall–Kier alpha value is -1.68. The lowest BCUT2D eigenvalue weighted by Gasteiger charge is -2.16. The number of aromatic nitrogens is 1. The maximum atomic E-state index is 12.0. The van der Waals surface area contributed by atoms with Gasteiger partial charge in [0, 0.05) is 19.0 Å². The second-order valence-corrected chi connectivity index (χ2v) is 5.33. The van der Waals surface area contributed by atoms with Gasteiger partial charge in [0.25, 0.3) is 0 Å². The molecule has 18 heavy (non-hydrogen) atoms. The molecule has 2 rings (SSSR count). The Morgan fingerprint density at radius 3 is 2.67 bits per heavy atom. The number of aryl methyl sites for hydroxylation is 1. The maximum absolute atomic E-state index is 12.0. The van der Waals surface area contributed by atoms with Crippen LogP contribution in [0.3, 0.4) is 0 Å². The first-order chi connectivity index (χ1) is 8.65. The summed E-state index contributed by atoms with van der Waals surface area (Å²) in [5.74, 6) is 0.101. The van der Waals surface area contributed by atoms with Crippen molar-refractivity contribution < 1.29 is 4.79 Å². The van der Waals surface area contributed by atoms with Crippen molar-refractivity contribution in [2.45, 2.75) is 19.9 Å². The molecule has 3 nitrogen and oxygen atoms in total. The summed E-state index contributed by atoms with van der Waals surface area (Å²) in [7, 11) is 1.83. The Morgan fingerprint density at radius 2 is 2.06 bits per heavy atom. The van der Waals surface area contributed by atoms with Crippen LogP contribution in [-0.2, 0) is 17.8 Å². The SMILES string of the molecule is Cc1nc(CC(=O)N(C)Cc2ccccc2)cs1. The minimum Gasteiger partial charge on any atom is -0.341 e. The monoisotopic (exact) mass is 260 g/mol. The number of thiazole rings is 1. The number of hydrogen-bond donors (Lipinski definition) is 0. The van der Waals surface area contributed by atoms with Gasteiger partial charge in [-0.1, -0.05) is 30.3 Å². The first-order valence-corrected chi connectivity index (χ1v) is 6.72. The van der Waals surface area contributed by atoms with Crippen molar-refractivity contribution in [1.29, 1.82) is 0 Å². The van der Waals surface area contributed by atoms with E-state index in [1.165, 1.54) is 0 Å². The van der Waals surface area contributed by atoms with Crippen LogP contribution in [0, 0.1) is 6.92 Å². The van der Waals surface area contributed by atoms with E-state index in [4.69, 9.17) is 0 Å². The number of likely N-dealkylation sites (N-methyl/N-ethyl adjacent to an activating group) is 1. The summed E-state index contributed by atoms with van der Waals surface area (Å²) < 4.78 is 0. The maximum Gasteiger partial charge on any atom is 0.228 e. The molecule has 0 fully saturated rings. The highest BCUT2D eigenvalue weighted by Crippen LogP contribution is 2.10. The zero-order valence-corrected chi connectivity index (χ0v) is 11.4. The average molecular weight is 260 g/mol. The molecule has 1 amide bonds. The number of carbonyl (C=O) groups is 1. The highest BCUT2D eigenvalue weighted by molar-refractivity contribution is 7.09. The van der Waals surface area contributed by atoms with E-state index < -0.39 is 0 Å². The number of benzene rings is 1. The molecule has 0 aliphatic rings. The predicted molar refractivity (Wildman–Crippen MR) is 73.5 cm³/mol. The number of carbonyl (C=O) groups excluding carboxylic acids is 1. The van der Waals surface area contributed by atoms with Gasteiger partial charge in [-0.2, -0.15) is 0 Å². The molecule has 0 aliphatic heterocycles. The van der Waals surface area contributed by atoms with Crippen molar-refractivity contribution in [2.24, 2.45) is 0 Å². The van der Waals surface area contributed by atoms with E-state index in [0.717, 1.165) is 16.3 Å². The van der Waals surface area contributed by atoms with Gasteiger partial charge in [-0.3, -0.25) is 4.79 Å². The van der Waals surface area contributed by atoms with Gasteiger partial charge in [-0.25, -0.2) is 4.98 Å². The zero-order valence-electron chi connectivity index (χ0n) is 10.6. The first-order valence-electron chi connectivity index (χ1n) is 5.84. The standard InChI is InChI=1S/C14H16N2OS/c1-11-15-13(10-18-11)8-14(17)16(2)9-12-6-4-3-5-7-12/h3-7,10H,8-9H2,1-2H3. The van der Waals surface area contributed by atoms with Crippen LogP contribution in [-0.4, -0.2) is 22.8 Å². The van der Waals surface area contributed by atoms with Crippen LogP contribution in [0.2, 0.25) is 0 Å². The van der Waals surface area contributed by atoms with Gasteiger partial charge in [0.15, 0.2) is 0 Å². The second-order valence-electron chi connectivity index (χ2n) is 4.27. The summed E-state index contributed by atoms with van der Waals surface area (Å²) in [5.41, 5.74) is 2.00. The largest absolute Gasteiger partial charge is 0.341 e. The molecule has 0 aliphatic carbocycles. The van der Waals surface area contributed by atoms with E-state index in [2.05, 4.69) is 4.98 Å². The molecular formula is C14H16N2OS. The van der Waals surface area contributed by atoms with Gasteiger partial charge < -0.3 is 4.90 Å². The summed E-state index contributed by atoms with van der Waals surface area (Å²) >= 11 is 1.58. The molecule has 0 radical (unpaired) electrons. The average Bonchev–Trinajstić information content (AvgIpc) is 2.76. The zero-order chi connectivity index (χ0) is 13.0. The molecule has 0 N–H and O–H groups in total. The van der Waals surface area contributed by atoms with E-state index in [1.807, 2.05) is 49.7 Å². The molecule has 0 saturated heterocycles.